The number of aliphatic hydroxyl groups excluding tert-OH is 1. The highest BCUT2D eigenvalue weighted by molar-refractivity contribution is 5.29. The molecule has 0 bridgehead atoms. The molecule has 102 valence electrons. The van der Waals surface area contributed by atoms with Crippen LogP contribution in [0.1, 0.15) is 39.4 Å². The van der Waals surface area contributed by atoms with Gasteiger partial charge in [0.15, 0.2) is 0 Å². The van der Waals surface area contributed by atoms with Crippen LogP contribution in [0.2, 0.25) is 0 Å². The Morgan fingerprint density at radius 2 is 1.56 bits per heavy atom. The number of benzene rings is 1. The van der Waals surface area contributed by atoms with Crippen LogP contribution in [-0.4, -0.2) is 24.4 Å². The fourth-order valence-electron chi connectivity index (χ4n) is 1.97. The summed E-state index contributed by atoms with van der Waals surface area (Å²) in [6.07, 6.45) is -0.645. The predicted octanol–water partition coefficient (Wildman–Crippen LogP) is 3.18. The monoisotopic (exact) mass is 252 g/mol. The average molecular weight is 252 g/mol. The summed E-state index contributed by atoms with van der Waals surface area (Å²) >= 11 is 0. The molecule has 3 heteroatoms. The Kier molecular flexibility index (Phi) is 5.63. The van der Waals surface area contributed by atoms with Gasteiger partial charge in [-0.1, -0.05) is 26.0 Å². The molecule has 0 aliphatic heterocycles. The summed E-state index contributed by atoms with van der Waals surface area (Å²) in [6.45, 7) is 8.05. The van der Waals surface area contributed by atoms with Gasteiger partial charge in [0.25, 0.3) is 0 Å². The number of rotatable bonds is 6. The first-order valence-electron chi connectivity index (χ1n) is 6.43. The zero-order valence-corrected chi connectivity index (χ0v) is 11.9. The summed E-state index contributed by atoms with van der Waals surface area (Å²) in [4.78, 5) is 0. The van der Waals surface area contributed by atoms with Crippen molar-refractivity contribution in [2.75, 3.05) is 7.11 Å². The van der Waals surface area contributed by atoms with E-state index in [0.717, 1.165) is 11.3 Å². The van der Waals surface area contributed by atoms with Crippen LogP contribution < -0.4 is 4.74 Å². The molecule has 0 aliphatic carbocycles. The van der Waals surface area contributed by atoms with E-state index in [0.29, 0.717) is 0 Å². The normalized spacial score (nSPS) is 14.9. The molecule has 0 aliphatic rings. The Hall–Kier alpha value is -1.06. The molecule has 0 aromatic heterocycles. The van der Waals surface area contributed by atoms with Crippen LogP contribution in [0.15, 0.2) is 24.3 Å². The van der Waals surface area contributed by atoms with Crippen molar-refractivity contribution in [3.05, 3.63) is 29.8 Å². The van der Waals surface area contributed by atoms with E-state index in [1.165, 1.54) is 0 Å². The molecule has 0 fully saturated rings. The van der Waals surface area contributed by atoms with Crippen LogP contribution in [0, 0.1) is 5.92 Å². The van der Waals surface area contributed by atoms with Crippen molar-refractivity contribution in [2.24, 2.45) is 5.92 Å². The van der Waals surface area contributed by atoms with E-state index < -0.39 is 6.10 Å². The van der Waals surface area contributed by atoms with E-state index in [-0.39, 0.29) is 18.1 Å². The van der Waals surface area contributed by atoms with Crippen molar-refractivity contribution in [2.45, 2.75) is 46.0 Å². The standard InChI is InChI=1S/C15H24O3/c1-10(2)15(17-5)14(16)12-6-8-13(9-7-12)18-11(3)4/h6-11,14-16H,1-5H3. The molecule has 3 nitrogen and oxygen atoms in total. The lowest BCUT2D eigenvalue weighted by molar-refractivity contribution is -0.0391. The minimum atomic E-state index is -0.608. The number of ether oxygens (including phenoxy) is 2. The number of methoxy groups -OCH3 is 1. The fraction of sp³-hybridized carbons (Fsp3) is 0.600. The minimum absolute atomic E-state index is 0.156. The van der Waals surface area contributed by atoms with Gasteiger partial charge in [-0.05, 0) is 37.5 Å². The Labute approximate surface area is 110 Å². The van der Waals surface area contributed by atoms with Crippen LogP contribution in [-0.2, 0) is 4.74 Å². The summed E-state index contributed by atoms with van der Waals surface area (Å²) in [6, 6.07) is 7.53. The molecule has 1 aromatic rings. The van der Waals surface area contributed by atoms with Crippen LogP contribution in [0.25, 0.3) is 0 Å². The van der Waals surface area contributed by atoms with Gasteiger partial charge in [-0.3, -0.25) is 0 Å². The van der Waals surface area contributed by atoms with Crippen molar-refractivity contribution in [3.8, 4) is 5.75 Å². The van der Waals surface area contributed by atoms with Gasteiger partial charge in [0, 0.05) is 7.11 Å². The van der Waals surface area contributed by atoms with Crippen LogP contribution in [0.3, 0.4) is 0 Å². The number of hydrogen-bond donors (Lipinski definition) is 1. The van der Waals surface area contributed by atoms with Gasteiger partial charge in [-0.2, -0.15) is 0 Å². The van der Waals surface area contributed by atoms with Crippen molar-refractivity contribution >= 4 is 0 Å². The van der Waals surface area contributed by atoms with E-state index in [2.05, 4.69) is 0 Å². The first-order valence-corrected chi connectivity index (χ1v) is 6.43. The highest BCUT2D eigenvalue weighted by Crippen LogP contribution is 2.26. The minimum Gasteiger partial charge on any atom is -0.491 e. The molecule has 0 heterocycles. The second-order valence-corrected chi connectivity index (χ2v) is 5.12. The maximum atomic E-state index is 10.3. The zero-order chi connectivity index (χ0) is 13.7. The highest BCUT2D eigenvalue weighted by atomic mass is 16.5. The second kappa shape index (κ2) is 6.76. The van der Waals surface area contributed by atoms with Gasteiger partial charge in [0.2, 0.25) is 0 Å². The van der Waals surface area contributed by atoms with Crippen LogP contribution >= 0.6 is 0 Å². The lowest BCUT2D eigenvalue weighted by Crippen LogP contribution is -2.26. The topological polar surface area (TPSA) is 38.7 Å². The van der Waals surface area contributed by atoms with Crippen LogP contribution in [0.4, 0.5) is 0 Å². The molecule has 0 saturated carbocycles. The molecule has 2 unspecified atom stereocenters. The molecule has 1 N–H and O–H groups in total. The van der Waals surface area contributed by atoms with Gasteiger partial charge in [0.05, 0.1) is 12.2 Å². The predicted molar refractivity (Wildman–Crippen MR) is 72.8 cm³/mol. The zero-order valence-electron chi connectivity index (χ0n) is 11.9. The molecule has 0 saturated heterocycles. The van der Waals surface area contributed by atoms with Crippen molar-refractivity contribution in [1.29, 1.82) is 0 Å². The number of aliphatic hydroxyl groups is 1. The van der Waals surface area contributed by atoms with Gasteiger partial charge in [0.1, 0.15) is 11.9 Å². The first-order chi connectivity index (χ1) is 8.45. The average Bonchev–Trinajstić information content (AvgIpc) is 2.29. The smallest absolute Gasteiger partial charge is 0.119 e. The highest BCUT2D eigenvalue weighted by Gasteiger charge is 2.23. The van der Waals surface area contributed by atoms with E-state index in [1.54, 1.807) is 7.11 Å². The second-order valence-electron chi connectivity index (χ2n) is 5.12. The lowest BCUT2D eigenvalue weighted by Gasteiger charge is -2.25. The molecule has 0 radical (unpaired) electrons. The Bertz CT molecular complexity index is 343. The molecular weight excluding hydrogens is 228 g/mol. The van der Waals surface area contributed by atoms with E-state index in [1.807, 2.05) is 52.0 Å². The van der Waals surface area contributed by atoms with Gasteiger partial charge < -0.3 is 14.6 Å². The maximum Gasteiger partial charge on any atom is 0.119 e. The van der Waals surface area contributed by atoms with Crippen molar-refractivity contribution < 1.29 is 14.6 Å². The Morgan fingerprint density at radius 3 is 1.94 bits per heavy atom. The van der Waals surface area contributed by atoms with Crippen molar-refractivity contribution in [3.63, 3.8) is 0 Å². The van der Waals surface area contributed by atoms with Gasteiger partial charge >= 0.3 is 0 Å². The fourth-order valence-corrected chi connectivity index (χ4v) is 1.97. The van der Waals surface area contributed by atoms with Crippen LogP contribution in [0.5, 0.6) is 5.75 Å². The van der Waals surface area contributed by atoms with E-state index in [9.17, 15) is 5.11 Å². The van der Waals surface area contributed by atoms with E-state index in [4.69, 9.17) is 9.47 Å². The Balaban J connectivity index is 2.77. The Morgan fingerprint density at radius 1 is 1.00 bits per heavy atom. The summed E-state index contributed by atoms with van der Waals surface area (Å²) in [5.41, 5.74) is 0.853. The summed E-state index contributed by atoms with van der Waals surface area (Å²) in [5, 5.41) is 10.3. The molecule has 0 spiro atoms. The molecule has 1 aromatic carbocycles. The van der Waals surface area contributed by atoms with E-state index >= 15 is 0 Å². The quantitative estimate of drug-likeness (QED) is 0.845. The summed E-state index contributed by atoms with van der Waals surface area (Å²) in [5.74, 6) is 1.08. The molecule has 2 atom stereocenters. The van der Waals surface area contributed by atoms with Gasteiger partial charge in [-0.15, -0.1) is 0 Å². The maximum absolute atomic E-state index is 10.3. The molecular formula is C15H24O3. The summed E-state index contributed by atoms with van der Waals surface area (Å²) < 4.78 is 10.9. The van der Waals surface area contributed by atoms with Crippen molar-refractivity contribution in [1.82, 2.24) is 0 Å². The first kappa shape index (κ1) is 15.0. The third-order valence-electron chi connectivity index (χ3n) is 2.83. The molecule has 18 heavy (non-hydrogen) atoms. The SMILES string of the molecule is COC(C(C)C)C(O)c1ccc(OC(C)C)cc1. The van der Waals surface area contributed by atoms with Gasteiger partial charge in [-0.25, -0.2) is 0 Å². The molecule has 0 amide bonds. The number of hydrogen-bond acceptors (Lipinski definition) is 3. The third-order valence-corrected chi connectivity index (χ3v) is 2.83. The largest absolute Gasteiger partial charge is 0.491 e. The lowest BCUT2D eigenvalue weighted by atomic mass is 9.96. The summed E-state index contributed by atoms with van der Waals surface area (Å²) in [7, 11) is 1.63. The third kappa shape index (κ3) is 4.00. The molecule has 1 rings (SSSR count).